The van der Waals surface area contributed by atoms with Crippen LogP contribution in [0.4, 0.5) is 0 Å². The summed E-state index contributed by atoms with van der Waals surface area (Å²) in [6.45, 7) is 0. The maximum atomic E-state index is 10.9. The van der Waals surface area contributed by atoms with Gasteiger partial charge in [-0.2, -0.15) is 0 Å². The molecule has 0 saturated carbocycles. The SMILES string of the molecule is O=C(Cl)C(C(=O)Cl)c1cccc(Cl)c1. The number of carbonyl (C=O) groups excluding carboxylic acids is 2. The third-order valence-corrected chi connectivity index (χ3v) is 2.31. The molecule has 0 aromatic heterocycles. The first-order chi connectivity index (χ1) is 6.52. The summed E-state index contributed by atoms with van der Waals surface area (Å²) in [5, 5.41) is -1.21. The van der Waals surface area contributed by atoms with Crippen LogP contribution in [0.25, 0.3) is 0 Å². The molecule has 0 atom stereocenters. The third kappa shape index (κ3) is 2.71. The topological polar surface area (TPSA) is 34.1 Å². The maximum absolute atomic E-state index is 10.9. The van der Waals surface area contributed by atoms with Crippen molar-refractivity contribution in [3.63, 3.8) is 0 Å². The highest BCUT2D eigenvalue weighted by atomic mass is 35.5. The molecule has 14 heavy (non-hydrogen) atoms. The molecule has 0 aliphatic heterocycles. The highest BCUT2D eigenvalue weighted by Gasteiger charge is 2.25. The van der Waals surface area contributed by atoms with Gasteiger partial charge in [-0.25, -0.2) is 0 Å². The zero-order chi connectivity index (χ0) is 10.7. The number of rotatable bonds is 3. The van der Waals surface area contributed by atoms with Crippen LogP contribution in [0, 0.1) is 0 Å². The molecule has 0 spiro atoms. The van der Waals surface area contributed by atoms with E-state index in [1.165, 1.54) is 6.07 Å². The van der Waals surface area contributed by atoms with Crippen molar-refractivity contribution in [1.29, 1.82) is 0 Å². The number of halogens is 3. The normalized spacial score (nSPS) is 10.3. The van der Waals surface area contributed by atoms with Gasteiger partial charge >= 0.3 is 0 Å². The minimum absolute atomic E-state index is 0.400. The van der Waals surface area contributed by atoms with E-state index in [0.29, 0.717) is 10.6 Å². The van der Waals surface area contributed by atoms with E-state index in [4.69, 9.17) is 34.8 Å². The fraction of sp³-hybridized carbons (Fsp3) is 0.111. The van der Waals surface area contributed by atoms with Crippen LogP contribution in [-0.4, -0.2) is 10.5 Å². The molecular weight excluding hydrogens is 246 g/mol. The van der Waals surface area contributed by atoms with E-state index < -0.39 is 16.4 Å². The number of hydrogen-bond acceptors (Lipinski definition) is 2. The van der Waals surface area contributed by atoms with Crippen molar-refractivity contribution in [2.24, 2.45) is 0 Å². The molecule has 0 unspecified atom stereocenters. The highest BCUT2D eigenvalue weighted by Crippen LogP contribution is 2.24. The van der Waals surface area contributed by atoms with Gasteiger partial charge in [-0.1, -0.05) is 23.7 Å². The summed E-state index contributed by atoms with van der Waals surface area (Å²) in [5.74, 6) is -1.14. The van der Waals surface area contributed by atoms with E-state index in [1.807, 2.05) is 0 Å². The van der Waals surface area contributed by atoms with Crippen molar-refractivity contribution in [3.05, 3.63) is 34.9 Å². The molecule has 74 valence electrons. The van der Waals surface area contributed by atoms with Crippen molar-refractivity contribution in [2.45, 2.75) is 5.92 Å². The van der Waals surface area contributed by atoms with E-state index in [9.17, 15) is 9.59 Å². The third-order valence-electron chi connectivity index (χ3n) is 1.64. The van der Waals surface area contributed by atoms with E-state index in [2.05, 4.69) is 0 Å². The number of carbonyl (C=O) groups is 2. The van der Waals surface area contributed by atoms with Crippen molar-refractivity contribution in [1.82, 2.24) is 0 Å². The largest absolute Gasteiger partial charge is 0.280 e. The van der Waals surface area contributed by atoms with E-state index in [1.54, 1.807) is 18.2 Å². The van der Waals surface area contributed by atoms with Crippen molar-refractivity contribution in [3.8, 4) is 0 Å². The first-order valence-corrected chi connectivity index (χ1v) is 4.80. The lowest BCUT2D eigenvalue weighted by molar-refractivity contribution is -0.120. The molecule has 1 aromatic carbocycles. The Balaban J connectivity index is 3.12. The fourth-order valence-electron chi connectivity index (χ4n) is 1.04. The van der Waals surface area contributed by atoms with Crippen LogP contribution in [0.5, 0.6) is 0 Å². The zero-order valence-electron chi connectivity index (χ0n) is 6.84. The minimum Gasteiger partial charge on any atom is -0.280 e. The highest BCUT2D eigenvalue weighted by molar-refractivity contribution is 6.74. The van der Waals surface area contributed by atoms with Gasteiger partial charge in [0.25, 0.3) is 0 Å². The smallest absolute Gasteiger partial charge is 0.237 e. The van der Waals surface area contributed by atoms with Crippen LogP contribution in [0.1, 0.15) is 11.5 Å². The molecular formula is C9H5Cl3O2. The molecule has 1 rings (SSSR count). The van der Waals surface area contributed by atoms with Crippen LogP contribution >= 0.6 is 34.8 Å². The van der Waals surface area contributed by atoms with Crippen LogP contribution in [0.15, 0.2) is 24.3 Å². The predicted molar refractivity (Wildman–Crippen MR) is 55.9 cm³/mol. The van der Waals surface area contributed by atoms with E-state index in [0.717, 1.165) is 0 Å². The van der Waals surface area contributed by atoms with Crippen molar-refractivity contribution >= 4 is 45.3 Å². The zero-order valence-corrected chi connectivity index (χ0v) is 9.10. The van der Waals surface area contributed by atoms with E-state index >= 15 is 0 Å². The number of benzene rings is 1. The van der Waals surface area contributed by atoms with Gasteiger partial charge in [0.05, 0.1) is 0 Å². The molecule has 0 aliphatic carbocycles. The Morgan fingerprint density at radius 2 is 1.71 bits per heavy atom. The molecule has 0 amide bonds. The predicted octanol–water partition coefficient (Wildman–Crippen LogP) is 2.95. The maximum Gasteiger partial charge on any atom is 0.237 e. The molecule has 1 aromatic rings. The molecule has 0 radical (unpaired) electrons. The second kappa shape index (κ2) is 4.78. The second-order valence-electron chi connectivity index (χ2n) is 2.60. The first kappa shape index (κ1) is 11.5. The first-order valence-electron chi connectivity index (χ1n) is 3.66. The molecule has 0 bridgehead atoms. The molecule has 2 nitrogen and oxygen atoms in total. The molecule has 0 aliphatic rings. The second-order valence-corrected chi connectivity index (χ2v) is 3.78. The van der Waals surface area contributed by atoms with Crippen LogP contribution in [0.3, 0.4) is 0 Å². The average Bonchev–Trinajstić information content (AvgIpc) is 2.02. The quantitative estimate of drug-likeness (QED) is 0.611. The Kier molecular flexibility index (Phi) is 3.93. The summed E-state index contributed by atoms with van der Waals surface area (Å²) in [6.07, 6.45) is 0. The lowest BCUT2D eigenvalue weighted by atomic mass is 10.0. The summed E-state index contributed by atoms with van der Waals surface area (Å²) < 4.78 is 0. The summed E-state index contributed by atoms with van der Waals surface area (Å²) >= 11 is 16.2. The van der Waals surface area contributed by atoms with Crippen LogP contribution in [-0.2, 0) is 9.59 Å². The summed E-state index contributed by atoms with van der Waals surface area (Å²) in [6, 6.07) is 6.29. The van der Waals surface area contributed by atoms with Gasteiger partial charge < -0.3 is 0 Å². The lowest BCUT2D eigenvalue weighted by Crippen LogP contribution is -2.13. The van der Waals surface area contributed by atoms with Gasteiger partial charge in [0.15, 0.2) is 0 Å². The number of hydrogen-bond donors (Lipinski definition) is 0. The Bertz CT molecular complexity index is 362. The van der Waals surface area contributed by atoms with Crippen LogP contribution < -0.4 is 0 Å². The monoisotopic (exact) mass is 250 g/mol. The Morgan fingerprint density at radius 3 is 2.14 bits per heavy atom. The summed E-state index contributed by atoms with van der Waals surface area (Å²) in [5.41, 5.74) is 0.400. The molecule has 0 N–H and O–H groups in total. The van der Waals surface area contributed by atoms with Gasteiger partial charge in [0, 0.05) is 5.02 Å². The van der Waals surface area contributed by atoms with E-state index in [-0.39, 0.29) is 0 Å². The van der Waals surface area contributed by atoms with Gasteiger partial charge in [-0.15, -0.1) is 0 Å². The Labute approximate surface area is 95.8 Å². The van der Waals surface area contributed by atoms with Gasteiger partial charge in [-0.05, 0) is 40.9 Å². The van der Waals surface area contributed by atoms with Gasteiger partial charge in [0.1, 0.15) is 5.92 Å². The van der Waals surface area contributed by atoms with Crippen molar-refractivity contribution < 1.29 is 9.59 Å². The average molecular weight is 251 g/mol. The van der Waals surface area contributed by atoms with Crippen molar-refractivity contribution in [2.75, 3.05) is 0 Å². The minimum atomic E-state index is -1.14. The van der Waals surface area contributed by atoms with Gasteiger partial charge in [-0.3, -0.25) is 9.59 Å². The van der Waals surface area contributed by atoms with Gasteiger partial charge in [0.2, 0.25) is 10.5 Å². The standard InChI is InChI=1S/C9H5Cl3O2/c10-6-3-1-2-5(4-6)7(8(11)13)9(12)14/h1-4,7H. The Morgan fingerprint density at radius 1 is 1.14 bits per heavy atom. The lowest BCUT2D eigenvalue weighted by Gasteiger charge is -2.07. The molecule has 5 heteroatoms. The molecule has 0 fully saturated rings. The molecule has 0 heterocycles. The molecule has 0 saturated heterocycles. The summed E-state index contributed by atoms with van der Waals surface area (Å²) in [7, 11) is 0. The summed E-state index contributed by atoms with van der Waals surface area (Å²) in [4.78, 5) is 21.8. The Hall–Kier alpha value is -0.570. The fourth-order valence-corrected chi connectivity index (χ4v) is 1.74. The van der Waals surface area contributed by atoms with Crippen LogP contribution in [0.2, 0.25) is 5.02 Å².